The maximum atomic E-state index is 12.3. The molecule has 1 amide bonds. The molecule has 6 nitrogen and oxygen atoms in total. The van der Waals surface area contributed by atoms with Gasteiger partial charge in [0, 0.05) is 17.9 Å². The molecule has 1 saturated carbocycles. The number of hydrogen-bond donors (Lipinski definition) is 1. The van der Waals surface area contributed by atoms with Gasteiger partial charge in [-0.15, -0.1) is 0 Å². The lowest BCUT2D eigenvalue weighted by atomic mass is 9.78. The van der Waals surface area contributed by atoms with Crippen LogP contribution in [0.25, 0.3) is 0 Å². The molecular weight excluding hydrogens is 274 g/mol. The molecule has 0 aromatic heterocycles. The van der Waals surface area contributed by atoms with Gasteiger partial charge in [-0.05, 0) is 19.8 Å². The fourth-order valence-corrected chi connectivity index (χ4v) is 3.05. The minimum absolute atomic E-state index is 0.168. The van der Waals surface area contributed by atoms with Crippen LogP contribution in [0.5, 0.6) is 0 Å². The quantitative estimate of drug-likeness (QED) is 0.622. The number of hydrogen-bond acceptors (Lipinski definition) is 5. The molecule has 1 saturated heterocycles. The van der Waals surface area contributed by atoms with E-state index in [1.54, 1.807) is 6.92 Å². The molecule has 2 atom stereocenters. The highest BCUT2D eigenvalue weighted by molar-refractivity contribution is 5.96. The molecule has 1 heterocycles. The Labute approximate surface area is 124 Å². The van der Waals surface area contributed by atoms with Crippen LogP contribution < -0.4 is 5.32 Å². The second kappa shape index (κ2) is 6.58. The number of carbonyl (C=O) groups excluding carboxylic acids is 2. The van der Waals surface area contributed by atoms with Gasteiger partial charge in [0.2, 0.25) is 5.91 Å². The first-order valence-corrected chi connectivity index (χ1v) is 7.35. The van der Waals surface area contributed by atoms with Crippen molar-refractivity contribution in [3.05, 3.63) is 12.2 Å². The number of carbonyl (C=O) groups is 2. The van der Waals surface area contributed by atoms with Crippen LogP contribution in [0.3, 0.4) is 0 Å². The molecule has 1 spiro atoms. The van der Waals surface area contributed by atoms with Crippen molar-refractivity contribution < 1.29 is 23.8 Å². The van der Waals surface area contributed by atoms with E-state index in [0.29, 0.717) is 18.8 Å². The van der Waals surface area contributed by atoms with Gasteiger partial charge in [-0.25, -0.2) is 4.79 Å². The monoisotopic (exact) mass is 297 g/mol. The van der Waals surface area contributed by atoms with E-state index in [2.05, 4.69) is 16.6 Å². The Hall–Kier alpha value is -1.40. The molecule has 0 radical (unpaired) electrons. The first-order valence-electron chi connectivity index (χ1n) is 7.35. The van der Waals surface area contributed by atoms with E-state index in [1.165, 1.54) is 7.11 Å². The summed E-state index contributed by atoms with van der Waals surface area (Å²) in [5.41, 5.74) is 0.410. The Bertz CT molecular complexity index is 428. The summed E-state index contributed by atoms with van der Waals surface area (Å²) in [6.07, 6.45) is 3.61. The molecule has 2 aliphatic rings. The molecular formula is C15H23NO5. The van der Waals surface area contributed by atoms with Crippen molar-refractivity contribution in [2.45, 2.75) is 44.4 Å². The smallest absolute Gasteiger partial charge is 0.328 e. The Morgan fingerprint density at radius 2 is 2.00 bits per heavy atom. The SMILES string of the molecule is C=C(C(=O)NC(C)C(=O)OC)C1CCCCC12OCCO2. The third kappa shape index (κ3) is 3.27. The Morgan fingerprint density at radius 1 is 1.33 bits per heavy atom. The van der Waals surface area contributed by atoms with E-state index < -0.39 is 17.8 Å². The van der Waals surface area contributed by atoms with Crippen LogP contribution >= 0.6 is 0 Å². The number of esters is 1. The van der Waals surface area contributed by atoms with E-state index in [-0.39, 0.29) is 11.8 Å². The number of ether oxygens (including phenoxy) is 3. The van der Waals surface area contributed by atoms with Crippen LogP contribution in [0.4, 0.5) is 0 Å². The number of amides is 1. The zero-order valence-corrected chi connectivity index (χ0v) is 12.6. The summed E-state index contributed by atoms with van der Waals surface area (Å²) in [5, 5.41) is 2.61. The lowest BCUT2D eigenvalue weighted by Crippen LogP contribution is -2.47. The largest absolute Gasteiger partial charge is 0.467 e. The van der Waals surface area contributed by atoms with Gasteiger partial charge in [0.1, 0.15) is 6.04 Å². The van der Waals surface area contributed by atoms with Crippen LogP contribution in [0.2, 0.25) is 0 Å². The van der Waals surface area contributed by atoms with Crippen molar-refractivity contribution in [2.75, 3.05) is 20.3 Å². The van der Waals surface area contributed by atoms with Gasteiger partial charge in [-0.1, -0.05) is 13.0 Å². The van der Waals surface area contributed by atoms with Gasteiger partial charge in [-0.3, -0.25) is 4.79 Å². The van der Waals surface area contributed by atoms with Gasteiger partial charge >= 0.3 is 5.97 Å². The summed E-state index contributed by atoms with van der Waals surface area (Å²) in [6.45, 7) is 6.58. The summed E-state index contributed by atoms with van der Waals surface area (Å²) in [6, 6.07) is -0.704. The molecule has 1 N–H and O–H groups in total. The van der Waals surface area contributed by atoms with E-state index in [1.807, 2.05) is 0 Å². The van der Waals surface area contributed by atoms with E-state index in [9.17, 15) is 9.59 Å². The lowest BCUT2D eigenvalue weighted by molar-refractivity contribution is -0.203. The van der Waals surface area contributed by atoms with Crippen molar-refractivity contribution in [1.29, 1.82) is 0 Å². The molecule has 2 unspecified atom stereocenters. The topological polar surface area (TPSA) is 73.9 Å². The number of methoxy groups -OCH3 is 1. The average molecular weight is 297 g/mol. The highest BCUT2D eigenvalue weighted by Crippen LogP contribution is 2.43. The zero-order valence-electron chi connectivity index (χ0n) is 12.6. The van der Waals surface area contributed by atoms with Crippen LogP contribution in [-0.4, -0.2) is 44.0 Å². The summed E-state index contributed by atoms with van der Waals surface area (Å²) in [4.78, 5) is 23.7. The van der Waals surface area contributed by atoms with Gasteiger partial charge < -0.3 is 19.5 Å². The summed E-state index contributed by atoms with van der Waals surface area (Å²) < 4.78 is 16.2. The molecule has 0 aromatic carbocycles. The van der Waals surface area contributed by atoms with Crippen molar-refractivity contribution in [3.8, 4) is 0 Å². The predicted molar refractivity (Wildman–Crippen MR) is 75.4 cm³/mol. The molecule has 118 valence electrons. The van der Waals surface area contributed by atoms with Gasteiger partial charge in [0.15, 0.2) is 5.79 Å². The average Bonchev–Trinajstić information content (AvgIpc) is 2.94. The van der Waals surface area contributed by atoms with Crippen molar-refractivity contribution in [1.82, 2.24) is 5.32 Å². The van der Waals surface area contributed by atoms with Crippen LogP contribution in [-0.2, 0) is 23.8 Å². The Balaban J connectivity index is 2.03. The van der Waals surface area contributed by atoms with E-state index in [4.69, 9.17) is 9.47 Å². The van der Waals surface area contributed by atoms with E-state index in [0.717, 1.165) is 25.7 Å². The molecule has 1 aliphatic heterocycles. The minimum Gasteiger partial charge on any atom is -0.467 e. The van der Waals surface area contributed by atoms with Crippen molar-refractivity contribution in [2.24, 2.45) is 5.92 Å². The normalized spacial score (nSPS) is 25.3. The predicted octanol–water partition coefficient (Wildman–Crippen LogP) is 1.15. The summed E-state index contributed by atoms with van der Waals surface area (Å²) >= 11 is 0. The second-order valence-corrected chi connectivity index (χ2v) is 5.55. The third-order valence-corrected chi connectivity index (χ3v) is 4.19. The fourth-order valence-electron chi connectivity index (χ4n) is 3.05. The molecule has 6 heteroatoms. The minimum atomic E-state index is -0.707. The highest BCUT2D eigenvalue weighted by Gasteiger charge is 2.48. The molecule has 21 heavy (non-hydrogen) atoms. The summed E-state index contributed by atoms with van der Waals surface area (Å²) in [7, 11) is 1.29. The Kier molecular flexibility index (Phi) is 5.00. The molecule has 0 aromatic rings. The number of rotatable bonds is 4. The fraction of sp³-hybridized carbons (Fsp3) is 0.733. The first kappa shape index (κ1) is 16.0. The summed E-state index contributed by atoms with van der Waals surface area (Å²) in [5.74, 6) is -1.71. The second-order valence-electron chi connectivity index (χ2n) is 5.55. The Morgan fingerprint density at radius 3 is 2.62 bits per heavy atom. The maximum Gasteiger partial charge on any atom is 0.328 e. The molecule has 2 rings (SSSR count). The molecule has 0 bridgehead atoms. The van der Waals surface area contributed by atoms with Gasteiger partial charge in [0.25, 0.3) is 0 Å². The maximum absolute atomic E-state index is 12.3. The van der Waals surface area contributed by atoms with Crippen LogP contribution in [0.1, 0.15) is 32.6 Å². The van der Waals surface area contributed by atoms with Crippen LogP contribution in [0, 0.1) is 5.92 Å². The van der Waals surface area contributed by atoms with Gasteiger partial charge in [-0.2, -0.15) is 0 Å². The highest BCUT2D eigenvalue weighted by atomic mass is 16.7. The van der Waals surface area contributed by atoms with E-state index >= 15 is 0 Å². The third-order valence-electron chi connectivity index (χ3n) is 4.19. The van der Waals surface area contributed by atoms with Crippen LogP contribution in [0.15, 0.2) is 12.2 Å². The molecule has 2 fully saturated rings. The first-order chi connectivity index (χ1) is 10.00. The van der Waals surface area contributed by atoms with Crippen molar-refractivity contribution >= 4 is 11.9 Å². The van der Waals surface area contributed by atoms with Gasteiger partial charge in [0.05, 0.1) is 20.3 Å². The van der Waals surface area contributed by atoms with Crippen molar-refractivity contribution in [3.63, 3.8) is 0 Å². The zero-order chi connectivity index (χ0) is 15.5. The standard InChI is InChI=1S/C15H23NO5/c1-10(13(17)16-11(2)14(18)19-3)12-6-4-5-7-15(12)20-8-9-21-15/h11-12H,1,4-9H2,2-3H3,(H,16,17). The lowest BCUT2D eigenvalue weighted by Gasteiger charge is -2.40. The number of nitrogens with one attached hydrogen (secondary N) is 1. The molecule has 1 aliphatic carbocycles.